The number of carbonyl (C=O) groups is 4. The van der Waals surface area contributed by atoms with Gasteiger partial charge in [0.1, 0.15) is 19.3 Å². The Kier molecular flexibility index (Phi) is 75.4. The first-order valence-electron chi connectivity index (χ1n) is 43.6. The largest absolute Gasteiger partial charge is 0.472 e. The van der Waals surface area contributed by atoms with E-state index in [1.165, 1.54) is 263 Å². The highest BCUT2D eigenvalue weighted by Gasteiger charge is 2.30. The molecule has 0 saturated carbocycles. The molecule has 0 aromatic carbocycles. The third-order valence-electron chi connectivity index (χ3n) is 19.8. The molecule has 0 aliphatic rings. The molecule has 0 saturated heterocycles. The van der Waals surface area contributed by atoms with Gasteiger partial charge < -0.3 is 33.8 Å². The maximum atomic E-state index is 13.1. The lowest BCUT2D eigenvalue weighted by molar-refractivity contribution is -0.161. The van der Waals surface area contributed by atoms with Crippen molar-refractivity contribution in [1.82, 2.24) is 0 Å². The van der Waals surface area contributed by atoms with E-state index >= 15 is 0 Å². The van der Waals surface area contributed by atoms with Crippen molar-refractivity contribution in [2.75, 3.05) is 39.6 Å². The zero-order valence-corrected chi connectivity index (χ0v) is 69.3. The maximum absolute atomic E-state index is 13.1. The van der Waals surface area contributed by atoms with Crippen molar-refractivity contribution >= 4 is 39.5 Å². The van der Waals surface area contributed by atoms with Crippen molar-refractivity contribution in [3.8, 4) is 0 Å². The van der Waals surface area contributed by atoms with Crippen molar-refractivity contribution in [3.05, 3.63) is 0 Å². The molecule has 0 amide bonds. The Balaban J connectivity index is 5.16. The molecule has 103 heavy (non-hydrogen) atoms. The van der Waals surface area contributed by atoms with Crippen LogP contribution in [0.4, 0.5) is 0 Å². The van der Waals surface area contributed by atoms with Crippen molar-refractivity contribution in [2.45, 2.75) is 470 Å². The van der Waals surface area contributed by atoms with Crippen LogP contribution in [0.1, 0.15) is 452 Å². The van der Waals surface area contributed by atoms with Crippen LogP contribution in [0, 0.1) is 5.92 Å². The van der Waals surface area contributed by atoms with Gasteiger partial charge in [-0.25, -0.2) is 9.13 Å². The molecule has 0 aliphatic carbocycles. The van der Waals surface area contributed by atoms with E-state index in [-0.39, 0.29) is 25.7 Å². The number of aliphatic hydroxyl groups is 1. The Hall–Kier alpha value is -1.94. The summed E-state index contributed by atoms with van der Waals surface area (Å²) >= 11 is 0. The molecule has 5 atom stereocenters. The Bertz CT molecular complexity index is 1960. The van der Waals surface area contributed by atoms with Crippen LogP contribution in [0.15, 0.2) is 0 Å². The monoisotopic (exact) mass is 1510 g/mol. The van der Waals surface area contributed by atoms with Crippen molar-refractivity contribution in [2.24, 2.45) is 5.92 Å². The smallest absolute Gasteiger partial charge is 0.462 e. The normalized spacial score (nSPS) is 13.8. The van der Waals surface area contributed by atoms with Crippen LogP contribution >= 0.6 is 15.6 Å². The second-order valence-electron chi connectivity index (χ2n) is 30.7. The van der Waals surface area contributed by atoms with Crippen LogP contribution in [-0.2, 0) is 65.4 Å². The molecule has 19 heteroatoms. The summed E-state index contributed by atoms with van der Waals surface area (Å²) in [7, 11) is -9.92. The second-order valence-corrected chi connectivity index (χ2v) is 33.6. The Morgan fingerprint density at radius 3 is 0.660 bits per heavy atom. The van der Waals surface area contributed by atoms with Gasteiger partial charge in [0.05, 0.1) is 26.4 Å². The highest BCUT2D eigenvalue weighted by Crippen LogP contribution is 2.45. The van der Waals surface area contributed by atoms with Gasteiger partial charge in [-0.15, -0.1) is 0 Å². The lowest BCUT2D eigenvalue weighted by Gasteiger charge is -2.21. The number of ether oxygens (including phenoxy) is 4. The molecular weight excluding hydrogens is 1340 g/mol. The zero-order valence-electron chi connectivity index (χ0n) is 67.5. The fourth-order valence-corrected chi connectivity index (χ4v) is 14.7. The number of hydrogen-bond acceptors (Lipinski definition) is 15. The van der Waals surface area contributed by atoms with E-state index in [0.717, 1.165) is 109 Å². The van der Waals surface area contributed by atoms with Gasteiger partial charge in [0, 0.05) is 25.7 Å². The maximum Gasteiger partial charge on any atom is 0.472 e. The minimum Gasteiger partial charge on any atom is -0.462 e. The number of unbranched alkanes of at least 4 members (excludes halogenated alkanes) is 56. The van der Waals surface area contributed by atoms with Gasteiger partial charge in [0.15, 0.2) is 12.2 Å². The van der Waals surface area contributed by atoms with Gasteiger partial charge in [-0.3, -0.25) is 37.3 Å². The predicted molar refractivity (Wildman–Crippen MR) is 423 cm³/mol. The first-order chi connectivity index (χ1) is 50.0. The highest BCUT2D eigenvalue weighted by molar-refractivity contribution is 7.47. The van der Waals surface area contributed by atoms with Gasteiger partial charge in [0.2, 0.25) is 0 Å². The van der Waals surface area contributed by atoms with Gasteiger partial charge in [-0.2, -0.15) is 0 Å². The van der Waals surface area contributed by atoms with Crippen LogP contribution < -0.4 is 0 Å². The van der Waals surface area contributed by atoms with E-state index in [2.05, 4.69) is 34.6 Å². The minimum atomic E-state index is -4.96. The minimum absolute atomic E-state index is 0.109. The molecule has 0 aliphatic heterocycles. The molecule has 0 heterocycles. The van der Waals surface area contributed by atoms with Crippen molar-refractivity contribution < 1.29 is 80.2 Å². The lowest BCUT2D eigenvalue weighted by Crippen LogP contribution is -2.30. The molecule has 0 spiro atoms. The van der Waals surface area contributed by atoms with Gasteiger partial charge in [-0.1, -0.05) is 401 Å². The molecule has 3 N–H and O–H groups in total. The van der Waals surface area contributed by atoms with E-state index in [9.17, 15) is 43.2 Å². The van der Waals surface area contributed by atoms with Crippen LogP contribution in [0.25, 0.3) is 0 Å². The fraction of sp³-hybridized carbons (Fsp3) is 0.952. The molecule has 17 nitrogen and oxygen atoms in total. The molecule has 0 aromatic heterocycles. The van der Waals surface area contributed by atoms with E-state index in [1.54, 1.807) is 0 Å². The lowest BCUT2D eigenvalue weighted by atomic mass is 10.0. The second kappa shape index (κ2) is 76.8. The number of aliphatic hydroxyl groups excluding tert-OH is 1. The molecule has 612 valence electrons. The van der Waals surface area contributed by atoms with Crippen LogP contribution in [0.5, 0.6) is 0 Å². The first kappa shape index (κ1) is 101. The number of hydrogen-bond donors (Lipinski definition) is 3. The summed E-state index contributed by atoms with van der Waals surface area (Å²) in [5, 5.41) is 10.6. The predicted octanol–water partition coefficient (Wildman–Crippen LogP) is 25.6. The molecule has 0 bridgehead atoms. The van der Waals surface area contributed by atoms with Crippen molar-refractivity contribution in [1.29, 1.82) is 0 Å². The number of esters is 4. The van der Waals surface area contributed by atoms with Crippen LogP contribution in [0.3, 0.4) is 0 Å². The van der Waals surface area contributed by atoms with Gasteiger partial charge in [-0.05, 0) is 31.6 Å². The van der Waals surface area contributed by atoms with E-state index in [4.69, 9.17) is 37.0 Å². The summed E-state index contributed by atoms with van der Waals surface area (Å²) in [6.07, 6.45) is 69.6. The number of rotatable bonds is 84. The third-order valence-corrected chi connectivity index (χ3v) is 21.7. The SMILES string of the molecule is CCCCCCCCCCCCCCCCCCCCCCC(=O)O[C@H](COC(=O)CCCCCCCCCCCCCCCCCC(C)C)COP(=O)(O)OC[C@@H](O)COP(=O)(O)OC[C@@H](COC(=O)CCCCCCCCC)OC(=O)CCCCCCCCCCCCCCCCCCCC. The average molecular weight is 1510 g/mol. The quantitative estimate of drug-likeness (QED) is 0.0222. The number of phosphoric acid groups is 2. The Labute approximate surface area is 632 Å². The van der Waals surface area contributed by atoms with Gasteiger partial charge >= 0.3 is 39.5 Å². The molecule has 0 rings (SSSR count). The fourth-order valence-electron chi connectivity index (χ4n) is 13.1. The summed E-state index contributed by atoms with van der Waals surface area (Å²) in [6, 6.07) is 0. The van der Waals surface area contributed by atoms with Crippen LogP contribution in [-0.4, -0.2) is 96.7 Å². The summed E-state index contributed by atoms with van der Waals surface area (Å²) < 4.78 is 68.7. The van der Waals surface area contributed by atoms with E-state index in [0.29, 0.717) is 25.7 Å². The van der Waals surface area contributed by atoms with Gasteiger partial charge in [0.25, 0.3) is 0 Å². The van der Waals surface area contributed by atoms with E-state index in [1.807, 2.05) is 0 Å². The van der Waals surface area contributed by atoms with E-state index < -0.39 is 97.5 Å². The average Bonchev–Trinajstić information content (AvgIpc) is 0.924. The molecule has 2 unspecified atom stereocenters. The third kappa shape index (κ3) is 78.0. The topological polar surface area (TPSA) is 237 Å². The molecule has 0 radical (unpaired) electrons. The number of carbonyl (C=O) groups excluding carboxylic acids is 4. The zero-order chi connectivity index (χ0) is 75.5. The number of phosphoric ester groups is 2. The summed E-state index contributed by atoms with van der Waals surface area (Å²) in [4.78, 5) is 73.0. The molecular formula is C84H164O17P2. The summed E-state index contributed by atoms with van der Waals surface area (Å²) in [5.41, 5.74) is 0. The Morgan fingerprint density at radius 1 is 0.262 bits per heavy atom. The summed E-state index contributed by atoms with van der Waals surface area (Å²) in [5.74, 6) is -1.30. The Morgan fingerprint density at radius 2 is 0.447 bits per heavy atom. The summed E-state index contributed by atoms with van der Waals surface area (Å²) in [6.45, 7) is 7.34. The molecule has 0 aromatic rings. The highest BCUT2D eigenvalue weighted by atomic mass is 31.2. The molecule has 0 fully saturated rings. The van der Waals surface area contributed by atoms with Crippen molar-refractivity contribution in [3.63, 3.8) is 0 Å². The van der Waals surface area contributed by atoms with Crippen LogP contribution in [0.2, 0.25) is 0 Å². The standard InChI is InChI=1S/C84H164O17P2/c1-6-9-12-15-18-20-22-24-26-28-30-31-33-37-42-46-50-55-60-65-70-84(89)101-80(74-95-82(87)68-63-58-53-48-44-40-38-34-35-39-43-47-52-56-61-66-77(4)5)76-99-103(92,93)97-72-78(85)71-96-102(90,91)98-75-79(73-94-81(86)67-62-57-51-17-14-11-8-3)100-83(88)69-64-59-54-49-45-41-36-32-29-27-25-23-21-19-16-13-10-7-2/h77-80,85H,6-76H2,1-5H3,(H,90,91)(H,92,93)/t78-,79+,80+/m0/s1. The first-order valence-corrected chi connectivity index (χ1v) is 46.6.